The normalized spacial score (nSPS) is 21.9. The largest absolute Gasteiger partial charge is 0.373 e. The first-order chi connectivity index (χ1) is 9.50. The van der Waals surface area contributed by atoms with E-state index in [1.165, 1.54) is 31.2 Å². The predicted octanol–water partition coefficient (Wildman–Crippen LogP) is 3.33. The van der Waals surface area contributed by atoms with Crippen LogP contribution in [-0.2, 0) is 0 Å². The molecule has 2 heterocycles. The van der Waals surface area contributed by atoms with Crippen LogP contribution < -0.4 is 10.2 Å². The minimum absolute atomic E-state index is 0.384. The van der Waals surface area contributed by atoms with Crippen molar-refractivity contribution in [2.24, 2.45) is 5.41 Å². The third kappa shape index (κ3) is 2.60. The Labute approximate surface area is 122 Å². The summed E-state index contributed by atoms with van der Waals surface area (Å²) in [7, 11) is 1.95. The van der Waals surface area contributed by atoms with E-state index < -0.39 is 0 Å². The van der Waals surface area contributed by atoms with E-state index in [2.05, 4.69) is 31.0 Å². The van der Waals surface area contributed by atoms with Crippen LogP contribution >= 0.6 is 0 Å². The quantitative estimate of drug-likeness (QED) is 0.918. The highest BCUT2D eigenvalue weighted by Gasteiger charge is 2.31. The summed E-state index contributed by atoms with van der Waals surface area (Å²) in [6.45, 7) is 9.07. The van der Waals surface area contributed by atoms with Gasteiger partial charge in [-0.05, 0) is 38.0 Å². The molecule has 0 bridgehead atoms. The first kappa shape index (κ1) is 13.7. The third-order valence-electron chi connectivity index (χ3n) is 4.52. The van der Waals surface area contributed by atoms with Crippen LogP contribution in [0.2, 0.25) is 0 Å². The fourth-order valence-electron chi connectivity index (χ4n) is 3.20. The van der Waals surface area contributed by atoms with Crippen molar-refractivity contribution in [2.45, 2.75) is 52.4 Å². The van der Waals surface area contributed by atoms with Crippen molar-refractivity contribution >= 4 is 11.6 Å². The SMILES string of the molecule is CNc1nc(C2CC2)nc(N2CCCC(C)(C)C2)c1C. The summed E-state index contributed by atoms with van der Waals surface area (Å²) in [4.78, 5) is 12.1. The zero-order valence-corrected chi connectivity index (χ0v) is 13.2. The van der Waals surface area contributed by atoms with Gasteiger partial charge in [0.1, 0.15) is 17.5 Å². The maximum absolute atomic E-state index is 4.91. The molecular weight excluding hydrogens is 248 g/mol. The van der Waals surface area contributed by atoms with Gasteiger partial charge in [0, 0.05) is 31.6 Å². The van der Waals surface area contributed by atoms with E-state index in [-0.39, 0.29) is 0 Å². The van der Waals surface area contributed by atoms with Gasteiger partial charge in [-0.2, -0.15) is 0 Å². The van der Waals surface area contributed by atoms with Gasteiger partial charge in [-0.3, -0.25) is 0 Å². The topological polar surface area (TPSA) is 41.1 Å². The number of anilines is 2. The van der Waals surface area contributed by atoms with Gasteiger partial charge in [0.2, 0.25) is 0 Å². The Bertz CT molecular complexity index is 505. The Kier molecular flexibility index (Phi) is 3.35. The molecule has 1 aliphatic carbocycles. The minimum atomic E-state index is 0.384. The Morgan fingerprint density at radius 3 is 2.60 bits per heavy atom. The molecule has 20 heavy (non-hydrogen) atoms. The molecule has 110 valence electrons. The van der Waals surface area contributed by atoms with Crippen LogP contribution in [0.15, 0.2) is 0 Å². The van der Waals surface area contributed by atoms with Crippen molar-refractivity contribution in [1.82, 2.24) is 9.97 Å². The maximum Gasteiger partial charge on any atom is 0.137 e. The van der Waals surface area contributed by atoms with Gasteiger partial charge in [0.05, 0.1) is 0 Å². The van der Waals surface area contributed by atoms with Gasteiger partial charge in [-0.1, -0.05) is 13.8 Å². The molecule has 1 aliphatic heterocycles. The van der Waals surface area contributed by atoms with Gasteiger partial charge in [-0.15, -0.1) is 0 Å². The Balaban J connectivity index is 1.96. The molecule has 1 saturated heterocycles. The predicted molar refractivity (Wildman–Crippen MR) is 83.5 cm³/mol. The summed E-state index contributed by atoms with van der Waals surface area (Å²) >= 11 is 0. The molecule has 4 nitrogen and oxygen atoms in total. The molecule has 1 N–H and O–H groups in total. The monoisotopic (exact) mass is 274 g/mol. The van der Waals surface area contributed by atoms with Gasteiger partial charge in [0.15, 0.2) is 0 Å². The molecule has 0 spiro atoms. The van der Waals surface area contributed by atoms with E-state index in [1.807, 2.05) is 7.05 Å². The number of piperidine rings is 1. The number of nitrogens with zero attached hydrogens (tertiary/aromatic N) is 3. The van der Waals surface area contributed by atoms with Crippen LogP contribution in [0.1, 0.15) is 56.8 Å². The number of hydrogen-bond donors (Lipinski definition) is 1. The number of rotatable bonds is 3. The van der Waals surface area contributed by atoms with Crippen LogP contribution in [-0.4, -0.2) is 30.1 Å². The first-order valence-corrected chi connectivity index (χ1v) is 7.81. The Morgan fingerprint density at radius 1 is 1.25 bits per heavy atom. The summed E-state index contributed by atoms with van der Waals surface area (Å²) in [6.07, 6.45) is 5.06. The minimum Gasteiger partial charge on any atom is -0.373 e. The molecule has 3 rings (SSSR count). The lowest BCUT2D eigenvalue weighted by atomic mass is 9.84. The highest BCUT2D eigenvalue weighted by atomic mass is 15.2. The lowest BCUT2D eigenvalue weighted by Crippen LogP contribution is -2.41. The molecule has 1 saturated carbocycles. The van der Waals surface area contributed by atoms with Gasteiger partial charge in [0.25, 0.3) is 0 Å². The molecule has 4 heteroatoms. The van der Waals surface area contributed by atoms with Crippen LogP contribution in [0.25, 0.3) is 0 Å². The van der Waals surface area contributed by atoms with Crippen LogP contribution in [0.5, 0.6) is 0 Å². The fourth-order valence-corrected chi connectivity index (χ4v) is 3.20. The average molecular weight is 274 g/mol. The van der Waals surface area contributed by atoms with Gasteiger partial charge >= 0.3 is 0 Å². The van der Waals surface area contributed by atoms with E-state index >= 15 is 0 Å². The first-order valence-electron chi connectivity index (χ1n) is 7.81. The zero-order chi connectivity index (χ0) is 14.3. The van der Waals surface area contributed by atoms with E-state index in [0.29, 0.717) is 11.3 Å². The number of aromatic nitrogens is 2. The molecule has 0 aromatic carbocycles. The lowest BCUT2D eigenvalue weighted by molar-refractivity contribution is 0.291. The summed E-state index contributed by atoms with van der Waals surface area (Å²) in [5.74, 6) is 3.79. The van der Waals surface area contributed by atoms with Crippen molar-refractivity contribution in [2.75, 3.05) is 30.4 Å². The van der Waals surface area contributed by atoms with Crippen molar-refractivity contribution in [1.29, 1.82) is 0 Å². The second kappa shape index (κ2) is 4.90. The van der Waals surface area contributed by atoms with E-state index in [4.69, 9.17) is 9.97 Å². The van der Waals surface area contributed by atoms with Gasteiger partial charge in [-0.25, -0.2) is 9.97 Å². The van der Waals surface area contributed by atoms with Crippen molar-refractivity contribution in [3.05, 3.63) is 11.4 Å². The second-order valence-corrected chi connectivity index (χ2v) is 7.09. The molecule has 0 unspecified atom stereocenters. The smallest absolute Gasteiger partial charge is 0.137 e. The Hall–Kier alpha value is -1.32. The standard InChI is InChI=1S/C16H26N4/c1-11-13(17-4)18-14(12-6-7-12)19-15(11)20-9-5-8-16(2,3)10-20/h12H,5-10H2,1-4H3,(H,17,18,19). The van der Waals surface area contributed by atoms with E-state index in [1.54, 1.807) is 0 Å². The molecule has 0 atom stereocenters. The maximum atomic E-state index is 4.91. The second-order valence-electron chi connectivity index (χ2n) is 7.09. The Morgan fingerprint density at radius 2 is 2.00 bits per heavy atom. The third-order valence-corrected chi connectivity index (χ3v) is 4.52. The number of nitrogens with one attached hydrogen (secondary N) is 1. The zero-order valence-electron chi connectivity index (χ0n) is 13.2. The highest BCUT2D eigenvalue weighted by molar-refractivity contribution is 5.59. The molecule has 2 aliphatic rings. The van der Waals surface area contributed by atoms with Crippen molar-refractivity contribution < 1.29 is 0 Å². The molecule has 1 aromatic heterocycles. The summed E-state index contributed by atoms with van der Waals surface area (Å²) in [6, 6.07) is 0. The van der Waals surface area contributed by atoms with Crippen LogP contribution in [0.3, 0.4) is 0 Å². The van der Waals surface area contributed by atoms with E-state index in [9.17, 15) is 0 Å². The van der Waals surface area contributed by atoms with Crippen molar-refractivity contribution in [3.63, 3.8) is 0 Å². The summed E-state index contributed by atoms with van der Waals surface area (Å²) in [5, 5.41) is 3.24. The van der Waals surface area contributed by atoms with Crippen molar-refractivity contribution in [3.8, 4) is 0 Å². The molecule has 0 amide bonds. The van der Waals surface area contributed by atoms with Crippen LogP contribution in [0, 0.1) is 12.3 Å². The van der Waals surface area contributed by atoms with Gasteiger partial charge < -0.3 is 10.2 Å². The number of hydrogen-bond acceptors (Lipinski definition) is 4. The molecular formula is C16H26N4. The highest BCUT2D eigenvalue weighted by Crippen LogP contribution is 2.41. The summed E-state index contributed by atoms with van der Waals surface area (Å²) < 4.78 is 0. The molecule has 1 aromatic rings. The van der Waals surface area contributed by atoms with E-state index in [0.717, 1.165) is 30.5 Å². The molecule has 0 radical (unpaired) electrons. The lowest BCUT2D eigenvalue weighted by Gasteiger charge is -2.39. The average Bonchev–Trinajstić information content (AvgIpc) is 3.22. The van der Waals surface area contributed by atoms with Crippen LogP contribution in [0.4, 0.5) is 11.6 Å². The fraction of sp³-hybridized carbons (Fsp3) is 0.750. The molecule has 2 fully saturated rings. The summed E-state index contributed by atoms with van der Waals surface area (Å²) in [5.41, 5.74) is 1.57.